The smallest absolute Gasteiger partial charge is 0.211 e. The minimum atomic E-state index is -0.492. The minimum absolute atomic E-state index is 0.0222. The van der Waals surface area contributed by atoms with Gasteiger partial charge in [-0.1, -0.05) is 17.7 Å². The first-order valence-electron chi connectivity index (χ1n) is 5.21. The molecule has 17 heavy (non-hydrogen) atoms. The molecule has 3 nitrogen and oxygen atoms in total. The largest absolute Gasteiger partial charge is 0.439 e. The fraction of sp³-hybridized carbons (Fsp3) is 0.250. The highest BCUT2D eigenvalue weighted by atomic mass is 35.5. The summed E-state index contributed by atoms with van der Waals surface area (Å²) in [6.07, 6.45) is 1.50. The Labute approximate surface area is 104 Å². The number of nitrogens with zero attached hydrogens (tertiary/aromatic N) is 1. The van der Waals surface area contributed by atoms with E-state index in [9.17, 15) is 4.39 Å². The van der Waals surface area contributed by atoms with E-state index in [1.165, 1.54) is 12.3 Å². The maximum atomic E-state index is 13.7. The molecule has 0 bridgehead atoms. The number of aromatic nitrogens is 1. The van der Waals surface area contributed by atoms with Crippen molar-refractivity contribution >= 4 is 11.6 Å². The van der Waals surface area contributed by atoms with Crippen LogP contribution in [0.5, 0.6) is 0 Å². The molecule has 0 aliphatic carbocycles. The van der Waals surface area contributed by atoms with Crippen LogP contribution >= 0.6 is 11.6 Å². The second-order valence-electron chi connectivity index (χ2n) is 3.67. The van der Waals surface area contributed by atoms with E-state index in [1.807, 2.05) is 6.92 Å². The summed E-state index contributed by atoms with van der Waals surface area (Å²) in [6.45, 7) is 1.91. The first-order chi connectivity index (χ1) is 8.13. The Morgan fingerprint density at radius 3 is 2.94 bits per heavy atom. The van der Waals surface area contributed by atoms with Gasteiger partial charge in [0.15, 0.2) is 11.6 Å². The Morgan fingerprint density at radius 2 is 2.24 bits per heavy atom. The van der Waals surface area contributed by atoms with Crippen LogP contribution in [0.15, 0.2) is 28.8 Å². The van der Waals surface area contributed by atoms with Gasteiger partial charge >= 0.3 is 0 Å². The van der Waals surface area contributed by atoms with Crippen molar-refractivity contribution in [2.75, 3.05) is 7.05 Å². The van der Waals surface area contributed by atoms with E-state index in [2.05, 4.69) is 10.3 Å². The van der Waals surface area contributed by atoms with E-state index < -0.39 is 5.82 Å². The van der Waals surface area contributed by atoms with Gasteiger partial charge < -0.3 is 9.73 Å². The highest BCUT2D eigenvalue weighted by Crippen LogP contribution is 2.28. The molecule has 1 aromatic carbocycles. The Balaban J connectivity index is 2.40. The molecule has 1 aromatic heterocycles. The van der Waals surface area contributed by atoms with Crippen LogP contribution in [-0.2, 0) is 0 Å². The van der Waals surface area contributed by atoms with Crippen molar-refractivity contribution in [3.05, 3.63) is 41.1 Å². The Morgan fingerprint density at radius 1 is 1.47 bits per heavy atom. The highest BCUT2D eigenvalue weighted by molar-refractivity contribution is 6.31. The molecule has 0 saturated heterocycles. The molecule has 90 valence electrons. The molecular formula is C12H12ClFN2O. The van der Waals surface area contributed by atoms with Gasteiger partial charge in [-0.25, -0.2) is 9.37 Å². The third-order valence-corrected chi connectivity index (χ3v) is 2.84. The van der Waals surface area contributed by atoms with Crippen LogP contribution in [0, 0.1) is 5.82 Å². The van der Waals surface area contributed by atoms with Crippen LogP contribution in [0.25, 0.3) is 11.3 Å². The summed E-state index contributed by atoms with van der Waals surface area (Å²) in [6, 6.07) is 4.75. The minimum Gasteiger partial charge on any atom is -0.439 e. The molecule has 1 heterocycles. The molecule has 2 rings (SSSR count). The summed E-state index contributed by atoms with van der Waals surface area (Å²) < 4.78 is 19.2. The average Bonchev–Trinajstić information content (AvgIpc) is 2.81. The molecular weight excluding hydrogens is 243 g/mol. The predicted octanol–water partition coefficient (Wildman–Crippen LogP) is 3.41. The van der Waals surface area contributed by atoms with Gasteiger partial charge in [-0.15, -0.1) is 0 Å². The Hall–Kier alpha value is -1.39. The van der Waals surface area contributed by atoms with Crippen molar-refractivity contribution < 1.29 is 8.81 Å². The summed E-state index contributed by atoms with van der Waals surface area (Å²) in [5, 5.41) is 3.07. The van der Waals surface area contributed by atoms with Gasteiger partial charge in [0.2, 0.25) is 5.89 Å². The average molecular weight is 255 g/mol. The molecule has 0 amide bonds. The van der Waals surface area contributed by atoms with Crippen LogP contribution in [0.2, 0.25) is 5.02 Å². The zero-order valence-electron chi connectivity index (χ0n) is 9.50. The van der Waals surface area contributed by atoms with E-state index in [4.69, 9.17) is 16.0 Å². The first kappa shape index (κ1) is 12.1. The van der Waals surface area contributed by atoms with E-state index in [-0.39, 0.29) is 11.1 Å². The Bertz CT molecular complexity index is 527. The van der Waals surface area contributed by atoms with Gasteiger partial charge in [0, 0.05) is 0 Å². The van der Waals surface area contributed by atoms with Crippen molar-refractivity contribution in [3.8, 4) is 11.3 Å². The standard InChI is InChI=1S/C12H12ClFN2O/c1-7(15-2)12-16-6-10(17-12)8-4-3-5-9(13)11(8)14/h3-7,15H,1-2H3. The Kier molecular flexibility index (Phi) is 3.45. The van der Waals surface area contributed by atoms with E-state index >= 15 is 0 Å². The molecule has 0 fully saturated rings. The predicted molar refractivity (Wildman–Crippen MR) is 64.4 cm³/mol. The number of rotatable bonds is 3. The van der Waals surface area contributed by atoms with Gasteiger partial charge in [-0.3, -0.25) is 0 Å². The molecule has 0 radical (unpaired) electrons. The summed E-state index contributed by atoms with van der Waals surface area (Å²) >= 11 is 5.71. The first-order valence-corrected chi connectivity index (χ1v) is 5.58. The third kappa shape index (κ3) is 2.33. The van der Waals surface area contributed by atoms with Gasteiger partial charge in [0.1, 0.15) is 0 Å². The normalized spacial score (nSPS) is 12.7. The zero-order chi connectivity index (χ0) is 12.4. The van der Waals surface area contributed by atoms with Crippen molar-refractivity contribution in [2.45, 2.75) is 13.0 Å². The summed E-state index contributed by atoms with van der Waals surface area (Å²) in [7, 11) is 1.80. The zero-order valence-corrected chi connectivity index (χ0v) is 10.3. The number of oxazole rings is 1. The quantitative estimate of drug-likeness (QED) is 0.912. The summed E-state index contributed by atoms with van der Waals surface area (Å²) in [5.41, 5.74) is 0.319. The molecule has 5 heteroatoms. The van der Waals surface area contributed by atoms with Gasteiger partial charge in [-0.2, -0.15) is 0 Å². The lowest BCUT2D eigenvalue weighted by Gasteiger charge is -2.04. The molecule has 0 aliphatic heterocycles. The molecule has 1 unspecified atom stereocenters. The van der Waals surface area contributed by atoms with Gasteiger partial charge in [-0.05, 0) is 26.1 Å². The maximum Gasteiger partial charge on any atom is 0.211 e. The fourth-order valence-corrected chi connectivity index (χ4v) is 1.60. The van der Waals surface area contributed by atoms with E-state index in [0.717, 1.165) is 0 Å². The molecule has 1 N–H and O–H groups in total. The van der Waals surface area contributed by atoms with Gasteiger partial charge in [0.05, 0.1) is 22.8 Å². The maximum absolute atomic E-state index is 13.7. The number of hydrogen-bond donors (Lipinski definition) is 1. The molecule has 0 spiro atoms. The lowest BCUT2D eigenvalue weighted by molar-refractivity contribution is 0.440. The molecule has 1 atom stereocenters. The molecule has 0 aliphatic rings. The second-order valence-corrected chi connectivity index (χ2v) is 4.08. The number of halogens is 2. The number of hydrogen-bond acceptors (Lipinski definition) is 3. The SMILES string of the molecule is CNC(C)c1ncc(-c2cccc(Cl)c2F)o1. The monoisotopic (exact) mass is 254 g/mol. The number of benzene rings is 1. The molecule has 0 saturated carbocycles. The molecule has 2 aromatic rings. The van der Waals surface area contributed by atoms with Crippen molar-refractivity contribution in [3.63, 3.8) is 0 Å². The van der Waals surface area contributed by atoms with Crippen LogP contribution in [0.4, 0.5) is 4.39 Å². The lowest BCUT2D eigenvalue weighted by Crippen LogP contribution is -2.12. The third-order valence-electron chi connectivity index (χ3n) is 2.54. The second kappa shape index (κ2) is 4.85. The lowest BCUT2D eigenvalue weighted by atomic mass is 10.2. The van der Waals surface area contributed by atoms with Crippen LogP contribution in [-0.4, -0.2) is 12.0 Å². The van der Waals surface area contributed by atoms with Crippen molar-refractivity contribution in [2.24, 2.45) is 0 Å². The fourth-order valence-electron chi connectivity index (χ4n) is 1.43. The number of nitrogens with one attached hydrogen (secondary N) is 1. The van der Waals surface area contributed by atoms with Crippen LogP contribution in [0.1, 0.15) is 18.9 Å². The van der Waals surface area contributed by atoms with Crippen LogP contribution < -0.4 is 5.32 Å². The van der Waals surface area contributed by atoms with Gasteiger partial charge in [0.25, 0.3) is 0 Å². The van der Waals surface area contributed by atoms with Crippen molar-refractivity contribution in [1.82, 2.24) is 10.3 Å². The van der Waals surface area contributed by atoms with Crippen molar-refractivity contribution in [1.29, 1.82) is 0 Å². The highest BCUT2D eigenvalue weighted by Gasteiger charge is 2.15. The van der Waals surface area contributed by atoms with E-state index in [1.54, 1.807) is 19.2 Å². The van der Waals surface area contributed by atoms with Crippen LogP contribution in [0.3, 0.4) is 0 Å². The topological polar surface area (TPSA) is 38.1 Å². The summed E-state index contributed by atoms with van der Waals surface area (Å²) in [4.78, 5) is 4.10. The summed E-state index contributed by atoms with van der Waals surface area (Å²) in [5.74, 6) is 0.401. The van der Waals surface area contributed by atoms with E-state index in [0.29, 0.717) is 17.2 Å².